The number of carbonyl (C=O) groups is 3. The van der Waals surface area contributed by atoms with Crippen molar-refractivity contribution in [1.29, 1.82) is 0 Å². The maximum absolute atomic E-state index is 12.4. The summed E-state index contributed by atoms with van der Waals surface area (Å²) >= 11 is 0. The summed E-state index contributed by atoms with van der Waals surface area (Å²) < 4.78 is 5.11. The first-order chi connectivity index (χ1) is 12.4. The number of methoxy groups -OCH3 is 1. The monoisotopic (exact) mass is 361 g/mol. The normalized spacial score (nSPS) is 17.6. The summed E-state index contributed by atoms with van der Waals surface area (Å²) in [6.45, 7) is 2.14. The van der Waals surface area contributed by atoms with Gasteiger partial charge in [-0.1, -0.05) is 12.1 Å². The summed E-state index contributed by atoms with van der Waals surface area (Å²) in [7, 11) is 1.62. The number of primary amides is 1. The van der Waals surface area contributed by atoms with Gasteiger partial charge >= 0.3 is 0 Å². The van der Waals surface area contributed by atoms with Crippen LogP contribution in [0.1, 0.15) is 38.2 Å². The Kier molecular flexibility index (Phi) is 7.00. The highest BCUT2D eigenvalue weighted by molar-refractivity contribution is 5.91. The van der Waals surface area contributed by atoms with E-state index >= 15 is 0 Å². The van der Waals surface area contributed by atoms with E-state index in [0.717, 1.165) is 24.2 Å². The van der Waals surface area contributed by atoms with Crippen LogP contribution in [0, 0.1) is 0 Å². The smallest absolute Gasteiger partial charge is 0.245 e. The second-order valence-electron chi connectivity index (χ2n) is 6.58. The molecule has 7 nitrogen and oxygen atoms in total. The first-order valence-electron chi connectivity index (χ1n) is 8.94. The molecular weight excluding hydrogens is 334 g/mol. The van der Waals surface area contributed by atoms with E-state index in [9.17, 15) is 14.4 Å². The van der Waals surface area contributed by atoms with Gasteiger partial charge in [0.25, 0.3) is 0 Å². The molecule has 1 heterocycles. The highest BCUT2D eigenvalue weighted by atomic mass is 16.5. The molecule has 1 aromatic carbocycles. The van der Waals surface area contributed by atoms with Crippen molar-refractivity contribution in [2.45, 2.75) is 51.1 Å². The third-order valence-corrected chi connectivity index (χ3v) is 4.64. The van der Waals surface area contributed by atoms with Crippen molar-refractivity contribution in [3.8, 4) is 5.75 Å². The fraction of sp³-hybridized carbons (Fsp3) is 0.526. The third kappa shape index (κ3) is 5.21. The van der Waals surface area contributed by atoms with Gasteiger partial charge in [0.15, 0.2) is 0 Å². The zero-order valence-electron chi connectivity index (χ0n) is 15.4. The zero-order valence-corrected chi connectivity index (χ0v) is 15.4. The number of rotatable bonds is 8. The standard InChI is InChI=1S/C19H27N3O4/c1-13(19(25)22-12-4-6-16(22)18(20)24)21-17(23)7-3-5-14-8-10-15(26-2)11-9-14/h8-11,13,16H,3-7,12H2,1-2H3,(H2,20,24)(H,21,23)/t13-,16-/m0/s1. The van der Waals surface area contributed by atoms with E-state index in [4.69, 9.17) is 10.5 Å². The Labute approximate surface area is 153 Å². The lowest BCUT2D eigenvalue weighted by molar-refractivity contribution is -0.140. The van der Waals surface area contributed by atoms with Crippen molar-refractivity contribution in [3.63, 3.8) is 0 Å². The lowest BCUT2D eigenvalue weighted by atomic mass is 10.1. The molecule has 0 saturated carbocycles. The molecule has 0 bridgehead atoms. The number of hydrogen-bond donors (Lipinski definition) is 2. The average molecular weight is 361 g/mol. The number of ether oxygens (including phenoxy) is 1. The molecule has 0 spiro atoms. The molecule has 142 valence electrons. The molecule has 3 N–H and O–H groups in total. The minimum Gasteiger partial charge on any atom is -0.497 e. The molecule has 1 aliphatic rings. The van der Waals surface area contributed by atoms with E-state index in [1.54, 1.807) is 14.0 Å². The van der Waals surface area contributed by atoms with Crippen molar-refractivity contribution in [2.75, 3.05) is 13.7 Å². The van der Waals surface area contributed by atoms with E-state index in [2.05, 4.69) is 5.32 Å². The Balaban J connectivity index is 1.75. The van der Waals surface area contributed by atoms with Crippen molar-refractivity contribution in [2.24, 2.45) is 5.73 Å². The van der Waals surface area contributed by atoms with Gasteiger partial charge in [-0.3, -0.25) is 14.4 Å². The van der Waals surface area contributed by atoms with E-state index in [0.29, 0.717) is 25.8 Å². The molecule has 26 heavy (non-hydrogen) atoms. The van der Waals surface area contributed by atoms with Crippen LogP contribution >= 0.6 is 0 Å². The van der Waals surface area contributed by atoms with E-state index in [-0.39, 0.29) is 11.8 Å². The molecule has 1 aliphatic heterocycles. The largest absolute Gasteiger partial charge is 0.497 e. The van der Waals surface area contributed by atoms with Gasteiger partial charge in [-0.15, -0.1) is 0 Å². The van der Waals surface area contributed by atoms with Crippen molar-refractivity contribution in [3.05, 3.63) is 29.8 Å². The molecule has 0 unspecified atom stereocenters. The quantitative estimate of drug-likeness (QED) is 0.721. The van der Waals surface area contributed by atoms with Gasteiger partial charge in [-0.25, -0.2) is 0 Å². The molecular formula is C19H27N3O4. The molecule has 2 rings (SSSR count). The molecule has 7 heteroatoms. The van der Waals surface area contributed by atoms with Crippen LogP contribution in [0.5, 0.6) is 5.75 Å². The lowest BCUT2D eigenvalue weighted by Crippen LogP contribution is -2.51. The molecule has 1 saturated heterocycles. The number of hydrogen-bond acceptors (Lipinski definition) is 4. The first-order valence-corrected chi connectivity index (χ1v) is 8.94. The van der Waals surface area contributed by atoms with Crippen LogP contribution in [-0.4, -0.2) is 48.4 Å². The zero-order chi connectivity index (χ0) is 19.1. The summed E-state index contributed by atoms with van der Waals surface area (Å²) in [4.78, 5) is 37.4. The number of nitrogens with two attached hydrogens (primary N) is 1. The summed E-state index contributed by atoms with van der Waals surface area (Å²) in [6.07, 6.45) is 3.14. The summed E-state index contributed by atoms with van der Waals surface area (Å²) in [5.41, 5.74) is 6.47. The average Bonchev–Trinajstić information content (AvgIpc) is 3.11. The van der Waals surface area contributed by atoms with Crippen LogP contribution in [0.4, 0.5) is 0 Å². The lowest BCUT2D eigenvalue weighted by Gasteiger charge is -2.25. The van der Waals surface area contributed by atoms with Crippen LogP contribution in [0.3, 0.4) is 0 Å². The number of nitrogens with zero attached hydrogens (tertiary/aromatic N) is 1. The number of likely N-dealkylation sites (tertiary alicyclic amines) is 1. The predicted octanol–water partition coefficient (Wildman–Crippen LogP) is 0.999. The fourth-order valence-electron chi connectivity index (χ4n) is 3.20. The number of carbonyl (C=O) groups excluding carboxylic acids is 3. The fourth-order valence-corrected chi connectivity index (χ4v) is 3.20. The Bertz CT molecular complexity index is 645. The molecule has 0 radical (unpaired) electrons. The van der Waals surface area contributed by atoms with Crippen molar-refractivity contribution >= 4 is 17.7 Å². The van der Waals surface area contributed by atoms with E-state index in [1.165, 1.54) is 4.90 Å². The Morgan fingerprint density at radius 1 is 1.31 bits per heavy atom. The minimum atomic E-state index is -0.663. The molecule has 1 fully saturated rings. The molecule has 2 atom stereocenters. The first kappa shape index (κ1) is 19.8. The van der Waals surface area contributed by atoms with Gasteiger partial charge in [-0.2, -0.15) is 0 Å². The number of aryl methyl sites for hydroxylation is 1. The second kappa shape index (κ2) is 9.22. The molecule has 0 aliphatic carbocycles. The van der Waals surface area contributed by atoms with Gasteiger partial charge in [0.1, 0.15) is 17.8 Å². The molecule has 1 aromatic rings. The predicted molar refractivity (Wildman–Crippen MR) is 97.5 cm³/mol. The maximum atomic E-state index is 12.4. The van der Waals surface area contributed by atoms with E-state index < -0.39 is 18.0 Å². The van der Waals surface area contributed by atoms with Crippen LogP contribution in [0.15, 0.2) is 24.3 Å². The second-order valence-corrected chi connectivity index (χ2v) is 6.58. The summed E-state index contributed by atoms with van der Waals surface area (Å²) in [5.74, 6) is -0.118. The van der Waals surface area contributed by atoms with Gasteiger partial charge < -0.3 is 20.7 Å². The van der Waals surface area contributed by atoms with E-state index in [1.807, 2.05) is 24.3 Å². The topological polar surface area (TPSA) is 102 Å². The highest BCUT2D eigenvalue weighted by Crippen LogP contribution is 2.18. The van der Waals surface area contributed by atoms with Gasteiger partial charge in [0, 0.05) is 13.0 Å². The van der Waals surface area contributed by atoms with Crippen LogP contribution in [0.25, 0.3) is 0 Å². The molecule has 0 aromatic heterocycles. The third-order valence-electron chi connectivity index (χ3n) is 4.64. The Morgan fingerprint density at radius 2 is 2.00 bits per heavy atom. The van der Waals surface area contributed by atoms with Crippen LogP contribution in [-0.2, 0) is 20.8 Å². The summed E-state index contributed by atoms with van der Waals surface area (Å²) in [5, 5.41) is 2.72. The van der Waals surface area contributed by atoms with Crippen molar-refractivity contribution < 1.29 is 19.1 Å². The minimum absolute atomic E-state index is 0.172. The van der Waals surface area contributed by atoms with Crippen LogP contribution in [0.2, 0.25) is 0 Å². The maximum Gasteiger partial charge on any atom is 0.245 e. The Morgan fingerprint density at radius 3 is 2.62 bits per heavy atom. The SMILES string of the molecule is COc1ccc(CCCC(=O)N[C@@H](C)C(=O)N2CCC[C@H]2C(N)=O)cc1. The number of benzene rings is 1. The molecule has 3 amide bonds. The summed E-state index contributed by atoms with van der Waals surface area (Å²) in [6, 6.07) is 6.50. The van der Waals surface area contributed by atoms with Gasteiger partial charge in [0.2, 0.25) is 17.7 Å². The van der Waals surface area contributed by atoms with Gasteiger partial charge in [-0.05, 0) is 50.3 Å². The Hall–Kier alpha value is -2.57. The number of nitrogens with one attached hydrogen (secondary N) is 1. The van der Waals surface area contributed by atoms with Crippen LogP contribution < -0.4 is 15.8 Å². The number of amides is 3. The van der Waals surface area contributed by atoms with Crippen molar-refractivity contribution in [1.82, 2.24) is 10.2 Å². The highest BCUT2D eigenvalue weighted by Gasteiger charge is 2.34. The van der Waals surface area contributed by atoms with Gasteiger partial charge in [0.05, 0.1) is 7.11 Å².